The summed E-state index contributed by atoms with van der Waals surface area (Å²) >= 11 is 0. The van der Waals surface area contributed by atoms with Crippen LogP contribution in [-0.2, 0) is 4.74 Å². The number of ether oxygens (including phenoxy) is 1. The van der Waals surface area contributed by atoms with E-state index in [1.54, 1.807) is 20.8 Å². The van der Waals surface area contributed by atoms with Crippen LogP contribution < -0.4 is 5.32 Å². The predicted molar refractivity (Wildman–Crippen MR) is 75.1 cm³/mol. The molecule has 0 aliphatic rings. The van der Waals surface area contributed by atoms with E-state index in [2.05, 4.69) is 5.32 Å². The Morgan fingerprint density at radius 2 is 2.00 bits per heavy atom. The van der Waals surface area contributed by atoms with Gasteiger partial charge in [-0.1, -0.05) is 23.8 Å². The second kappa shape index (κ2) is 6.06. The summed E-state index contributed by atoms with van der Waals surface area (Å²) < 4.78 is 5.20. The van der Waals surface area contributed by atoms with E-state index < -0.39 is 17.7 Å². The van der Waals surface area contributed by atoms with Crippen molar-refractivity contribution in [3.8, 4) is 0 Å². The van der Waals surface area contributed by atoms with Crippen LogP contribution in [0, 0.1) is 13.8 Å². The van der Waals surface area contributed by atoms with E-state index in [0.717, 1.165) is 16.7 Å². The van der Waals surface area contributed by atoms with Gasteiger partial charge in [0.2, 0.25) is 0 Å². The monoisotopic (exact) mass is 265 g/mol. The minimum absolute atomic E-state index is 0.163. The molecule has 0 bridgehead atoms. The van der Waals surface area contributed by atoms with Gasteiger partial charge in [0, 0.05) is 0 Å². The zero-order valence-corrected chi connectivity index (χ0v) is 12.3. The van der Waals surface area contributed by atoms with Crippen molar-refractivity contribution in [2.24, 2.45) is 0 Å². The first-order valence-electron chi connectivity index (χ1n) is 6.40. The van der Waals surface area contributed by atoms with Gasteiger partial charge in [0.05, 0.1) is 12.6 Å². The molecule has 0 aromatic heterocycles. The third-order valence-corrected chi connectivity index (χ3v) is 2.68. The number of hydrogen-bond donors (Lipinski definition) is 2. The highest BCUT2D eigenvalue weighted by Crippen LogP contribution is 2.19. The average molecular weight is 265 g/mol. The lowest BCUT2D eigenvalue weighted by molar-refractivity contribution is 0.0481. The Hall–Kier alpha value is -1.55. The lowest BCUT2D eigenvalue weighted by Crippen LogP contribution is -2.36. The Morgan fingerprint density at radius 1 is 1.37 bits per heavy atom. The van der Waals surface area contributed by atoms with E-state index >= 15 is 0 Å². The van der Waals surface area contributed by atoms with Crippen LogP contribution in [-0.4, -0.2) is 23.4 Å². The van der Waals surface area contributed by atoms with E-state index in [9.17, 15) is 9.90 Å². The first kappa shape index (κ1) is 15.5. The maximum atomic E-state index is 11.8. The fourth-order valence-electron chi connectivity index (χ4n) is 1.81. The lowest BCUT2D eigenvalue weighted by atomic mass is 9.99. The Kier molecular flexibility index (Phi) is 4.95. The number of carbonyl (C=O) groups excluding carboxylic acids is 1. The molecule has 0 saturated carbocycles. The smallest absolute Gasteiger partial charge is 0.408 e. The first-order chi connectivity index (χ1) is 8.73. The van der Waals surface area contributed by atoms with Crippen molar-refractivity contribution in [3.05, 3.63) is 34.9 Å². The second-order valence-corrected chi connectivity index (χ2v) is 5.74. The number of benzene rings is 1. The maximum Gasteiger partial charge on any atom is 0.408 e. The standard InChI is InChI=1S/C15H23NO3/c1-10-6-7-11(2)12(8-10)13(9-17)16-14(18)19-15(3,4)5/h6-8,13,17H,9H2,1-5H3,(H,16,18). The molecule has 0 heterocycles. The minimum atomic E-state index is -0.550. The van der Waals surface area contributed by atoms with Gasteiger partial charge in [-0.05, 0) is 45.7 Å². The normalized spacial score (nSPS) is 12.9. The highest BCUT2D eigenvalue weighted by molar-refractivity contribution is 5.68. The van der Waals surface area contributed by atoms with Gasteiger partial charge in [-0.3, -0.25) is 0 Å². The molecule has 1 amide bonds. The van der Waals surface area contributed by atoms with Crippen molar-refractivity contribution in [2.45, 2.75) is 46.3 Å². The molecule has 106 valence electrons. The zero-order valence-electron chi connectivity index (χ0n) is 12.3. The number of alkyl carbamates (subject to hydrolysis) is 1. The molecule has 4 nitrogen and oxygen atoms in total. The number of hydrogen-bond acceptors (Lipinski definition) is 3. The van der Waals surface area contributed by atoms with E-state index in [0.29, 0.717) is 0 Å². The zero-order chi connectivity index (χ0) is 14.6. The Bertz CT molecular complexity index is 449. The summed E-state index contributed by atoms with van der Waals surface area (Å²) in [6, 6.07) is 5.49. The van der Waals surface area contributed by atoms with Crippen LogP contribution in [0.4, 0.5) is 4.79 Å². The van der Waals surface area contributed by atoms with Crippen molar-refractivity contribution in [3.63, 3.8) is 0 Å². The number of rotatable bonds is 3. The largest absolute Gasteiger partial charge is 0.444 e. The number of nitrogens with one attached hydrogen (secondary N) is 1. The van der Waals surface area contributed by atoms with Gasteiger partial charge in [-0.15, -0.1) is 0 Å². The minimum Gasteiger partial charge on any atom is -0.444 e. The maximum absolute atomic E-state index is 11.8. The highest BCUT2D eigenvalue weighted by Gasteiger charge is 2.21. The molecule has 19 heavy (non-hydrogen) atoms. The molecule has 1 aromatic rings. The number of aryl methyl sites for hydroxylation is 2. The first-order valence-corrected chi connectivity index (χ1v) is 6.40. The molecule has 0 spiro atoms. The molecule has 0 fully saturated rings. The molecule has 1 unspecified atom stereocenters. The van der Waals surface area contributed by atoms with Crippen molar-refractivity contribution >= 4 is 6.09 Å². The molecule has 0 aliphatic carbocycles. The van der Waals surface area contributed by atoms with Crippen LogP contribution in [0.25, 0.3) is 0 Å². The summed E-state index contributed by atoms with van der Waals surface area (Å²) in [5.74, 6) is 0. The fourth-order valence-corrected chi connectivity index (χ4v) is 1.81. The van der Waals surface area contributed by atoms with Crippen LogP contribution in [0.3, 0.4) is 0 Å². The van der Waals surface area contributed by atoms with Gasteiger partial charge >= 0.3 is 6.09 Å². The molecule has 0 aliphatic heterocycles. The predicted octanol–water partition coefficient (Wildman–Crippen LogP) is 2.86. The number of amides is 1. The van der Waals surface area contributed by atoms with Crippen LogP contribution in [0.1, 0.15) is 43.5 Å². The number of carbonyl (C=O) groups is 1. The molecule has 2 N–H and O–H groups in total. The average Bonchev–Trinajstić information content (AvgIpc) is 2.27. The summed E-state index contributed by atoms with van der Waals surface area (Å²) in [6.45, 7) is 9.18. The van der Waals surface area contributed by atoms with E-state index in [1.165, 1.54) is 0 Å². The molecule has 0 saturated heterocycles. The van der Waals surface area contributed by atoms with Gasteiger partial charge in [-0.2, -0.15) is 0 Å². The topological polar surface area (TPSA) is 58.6 Å². The molecular weight excluding hydrogens is 242 g/mol. The van der Waals surface area contributed by atoms with Gasteiger partial charge < -0.3 is 15.2 Å². The Morgan fingerprint density at radius 3 is 2.53 bits per heavy atom. The quantitative estimate of drug-likeness (QED) is 0.883. The van der Waals surface area contributed by atoms with Crippen molar-refractivity contribution in [1.29, 1.82) is 0 Å². The summed E-state index contributed by atoms with van der Waals surface area (Å²) in [7, 11) is 0. The highest BCUT2D eigenvalue weighted by atomic mass is 16.6. The van der Waals surface area contributed by atoms with Crippen LogP contribution in [0.15, 0.2) is 18.2 Å². The fraction of sp³-hybridized carbons (Fsp3) is 0.533. The third kappa shape index (κ3) is 4.91. The van der Waals surface area contributed by atoms with E-state index in [4.69, 9.17) is 4.74 Å². The number of aliphatic hydroxyl groups excluding tert-OH is 1. The van der Waals surface area contributed by atoms with Crippen LogP contribution >= 0.6 is 0 Å². The lowest BCUT2D eigenvalue weighted by Gasteiger charge is -2.24. The molecule has 1 rings (SSSR count). The Balaban J connectivity index is 2.84. The van der Waals surface area contributed by atoms with Crippen molar-refractivity contribution < 1.29 is 14.6 Å². The third-order valence-electron chi connectivity index (χ3n) is 2.68. The van der Waals surface area contributed by atoms with Gasteiger partial charge in [0.15, 0.2) is 0 Å². The van der Waals surface area contributed by atoms with Crippen molar-refractivity contribution in [1.82, 2.24) is 5.32 Å². The molecule has 4 heteroatoms. The van der Waals surface area contributed by atoms with Gasteiger partial charge in [-0.25, -0.2) is 4.79 Å². The molecule has 0 radical (unpaired) electrons. The van der Waals surface area contributed by atoms with E-state index in [-0.39, 0.29) is 6.61 Å². The summed E-state index contributed by atoms with van der Waals surface area (Å²) in [5.41, 5.74) is 2.48. The van der Waals surface area contributed by atoms with Gasteiger partial charge in [0.1, 0.15) is 5.60 Å². The summed E-state index contributed by atoms with van der Waals surface area (Å²) in [4.78, 5) is 11.8. The molecule has 1 aromatic carbocycles. The Labute approximate surface area is 114 Å². The van der Waals surface area contributed by atoms with E-state index in [1.807, 2.05) is 32.0 Å². The molecule has 1 atom stereocenters. The summed E-state index contributed by atoms with van der Waals surface area (Å²) in [5, 5.41) is 12.2. The number of aliphatic hydroxyl groups is 1. The second-order valence-electron chi connectivity index (χ2n) is 5.74. The summed E-state index contributed by atoms with van der Waals surface area (Å²) in [6.07, 6.45) is -0.521. The SMILES string of the molecule is Cc1ccc(C)c(C(CO)NC(=O)OC(C)(C)C)c1. The van der Waals surface area contributed by atoms with Gasteiger partial charge in [0.25, 0.3) is 0 Å². The van der Waals surface area contributed by atoms with Crippen molar-refractivity contribution in [2.75, 3.05) is 6.61 Å². The van der Waals surface area contributed by atoms with Crippen LogP contribution in [0.5, 0.6) is 0 Å². The van der Waals surface area contributed by atoms with Crippen LogP contribution in [0.2, 0.25) is 0 Å². The molecular formula is C15H23NO3.